The van der Waals surface area contributed by atoms with Crippen LogP contribution in [0.3, 0.4) is 0 Å². The highest BCUT2D eigenvalue weighted by Crippen LogP contribution is 2.27. The summed E-state index contributed by atoms with van der Waals surface area (Å²) in [5.41, 5.74) is 12.5. The van der Waals surface area contributed by atoms with Crippen LogP contribution in [-0.2, 0) is 0 Å². The monoisotopic (exact) mass is 365 g/mol. The van der Waals surface area contributed by atoms with Crippen molar-refractivity contribution in [3.63, 3.8) is 0 Å². The topological polar surface area (TPSA) is 159 Å². The number of anilines is 1. The summed E-state index contributed by atoms with van der Waals surface area (Å²) < 4.78 is 5.34. The van der Waals surface area contributed by atoms with Gasteiger partial charge in [0.05, 0.1) is 18.3 Å². The summed E-state index contributed by atoms with van der Waals surface area (Å²) in [5.74, 6) is 0.989. The van der Waals surface area contributed by atoms with Crippen molar-refractivity contribution in [2.45, 2.75) is 19.3 Å². The van der Waals surface area contributed by atoms with Crippen LogP contribution in [0.2, 0.25) is 0 Å². The molecule has 0 fully saturated rings. The molecule has 0 saturated heterocycles. The minimum atomic E-state index is -1.25. The first-order valence-corrected chi connectivity index (χ1v) is 8.01. The van der Waals surface area contributed by atoms with Crippen molar-refractivity contribution in [1.29, 1.82) is 0 Å². The van der Waals surface area contributed by atoms with Crippen molar-refractivity contribution >= 4 is 22.5 Å². The van der Waals surface area contributed by atoms with Crippen LogP contribution in [0.5, 0.6) is 5.75 Å². The average molecular weight is 365 g/mol. The molecule has 10 nitrogen and oxygen atoms in total. The number of nitrogens with two attached hydrogens (primary N) is 2. The van der Waals surface area contributed by atoms with Gasteiger partial charge in [-0.1, -0.05) is 6.07 Å². The SMILES string of the molecule is COc1cc(NCCCCCN=C(N)N)c2ncccc2c1.O=[N+](O)O. The molecule has 26 heavy (non-hydrogen) atoms. The smallest absolute Gasteiger partial charge is 0.472 e. The van der Waals surface area contributed by atoms with Crippen molar-refractivity contribution < 1.29 is 20.2 Å². The summed E-state index contributed by atoms with van der Waals surface area (Å²) in [7, 11) is 1.67. The Labute approximate surface area is 151 Å². The van der Waals surface area contributed by atoms with Crippen LogP contribution in [0.25, 0.3) is 10.9 Å². The molecule has 0 aliphatic carbocycles. The quantitative estimate of drug-likeness (QED) is 0.204. The van der Waals surface area contributed by atoms with E-state index in [1.807, 2.05) is 24.3 Å². The van der Waals surface area contributed by atoms with Crippen LogP contribution >= 0.6 is 0 Å². The Bertz CT molecular complexity index is 730. The van der Waals surface area contributed by atoms with Crippen LogP contribution in [-0.4, -0.2) is 46.6 Å². The number of nitrogens with one attached hydrogen (secondary N) is 1. The Morgan fingerprint density at radius 1 is 1.31 bits per heavy atom. The normalized spacial score (nSPS) is 9.73. The van der Waals surface area contributed by atoms with Gasteiger partial charge in [-0.25, -0.2) is 10.4 Å². The second kappa shape index (κ2) is 11.3. The fraction of sp³-hybridized carbons (Fsp3) is 0.375. The first-order chi connectivity index (χ1) is 12.4. The number of aliphatic imine (C=N–C) groups is 1. The molecule has 10 heteroatoms. The second-order valence-electron chi connectivity index (χ2n) is 5.30. The van der Waals surface area contributed by atoms with E-state index in [-0.39, 0.29) is 5.96 Å². The maximum absolute atomic E-state index is 8.47. The number of rotatable bonds is 8. The number of benzene rings is 1. The zero-order valence-corrected chi connectivity index (χ0v) is 14.6. The molecule has 0 bridgehead atoms. The number of ether oxygens (including phenoxy) is 1. The number of pyridine rings is 1. The number of nitrogens with zero attached hydrogens (tertiary/aromatic N) is 3. The zero-order valence-electron chi connectivity index (χ0n) is 14.6. The number of hydrogen-bond acceptors (Lipinski definition) is 5. The summed E-state index contributed by atoms with van der Waals surface area (Å²) in [6, 6.07) is 7.93. The molecule has 1 aromatic heterocycles. The van der Waals surface area contributed by atoms with E-state index in [2.05, 4.69) is 15.3 Å². The number of hydrogen-bond donors (Lipinski definition) is 5. The van der Waals surface area contributed by atoms with Crippen molar-refractivity contribution in [1.82, 2.24) is 4.98 Å². The molecule has 0 atom stereocenters. The van der Waals surface area contributed by atoms with Gasteiger partial charge >= 0.3 is 5.09 Å². The van der Waals surface area contributed by atoms with E-state index in [0.29, 0.717) is 6.54 Å². The van der Waals surface area contributed by atoms with Crippen LogP contribution in [0, 0.1) is 4.91 Å². The Kier molecular flexibility index (Phi) is 9.01. The van der Waals surface area contributed by atoms with Crippen molar-refractivity contribution in [2.75, 3.05) is 25.5 Å². The predicted octanol–water partition coefficient (Wildman–Crippen LogP) is 1.64. The molecule has 7 N–H and O–H groups in total. The lowest BCUT2D eigenvalue weighted by Crippen LogP contribution is -2.22. The van der Waals surface area contributed by atoms with E-state index >= 15 is 0 Å². The summed E-state index contributed by atoms with van der Waals surface area (Å²) in [6.45, 7) is 1.56. The molecule has 142 valence electrons. The Balaban J connectivity index is 0.000000765. The summed E-state index contributed by atoms with van der Waals surface area (Å²) in [4.78, 5) is 16.9. The molecule has 0 unspecified atom stereocenters. The highest BCUT2D eigenvalue weighted by molar-refractivity contribution is 5.91. The van der Waals surface area contributed by atoms with E-state index in [9.17, 15) is 0 Å². The molecule has 1 aromatic carbocycles. The van der Waals surface area contributed by atoms with Gasteiger partial charge in [0.2, 0.25) is 0 Å². The van der Waals surface area contributed by atoms with Gasteiger partial charge in [0.25, 0.3) is 0 Å². The van der Waals surface area contributed by atoms with Crippen molar-refractivity contribution in [3.8, 4) is 5.75 Å². The van der Waals surface area contributed by atoms with Gasteiger partial charge in [-0.2, -0.15) is 0 Å². The zero-order chi connectivity index (χ0) is 19.4. The Morgan fingerprint density at radius 2 is 2.04 bits per heavy atom. The van der Waals surface area contributed by atoms with Crippen LogP contribution in [0.4, 0.5) is 5.69 Å². The van der Waals surface area contributed by atoms with Gasteiger partial charge in [-0.15, -0.1) is 0 Å². The third-order valence-electron chi connectivity index (χ3n) is 3.36. The van der Waals surface area contributed by atoms with Gasteiger partial charge < -0.3 is 21.5 Å². The lowest BCUT2D eigenvalue weighted by molar-refractivity contribution is -0.969. The molecule has 1 heterocycles. The molecular formula is C16H25N6O4+. The number of unbranched alkanes of at least 4 members (excludes halogenated alkanes) is 2. The lowest BCUT2D eigenvalue weighted by Gasteiger charge is -2.11. The highest BCUT2D eigenvalue weighted by Gasteiger charge is 2.05. The standard InChI is InChI=1S/C16H23N5O.H2NO3/c1-22-13-10-12-6-5-9-20-15(12)14(11-13)19-7-3-2-4-8-21-16(17)18;2-1(3)4/h5-6,9-11,19H,2-4,7-8H2,1H3,(H4,17,18,21);(H2,2,3,4)/q;+1. The third kappa shape index (κ3) is 7.99. The van der Waals surface area contributed by atoms with E-state index in [0.717, 1.165) is 48.1 Å². The van der Waals surface area contributed by atoms with Crippen LogP contribution < -0.4 is 21.5 Å². The van der Waals surface area contributed by atoms with Gasteiger partial charge in [0.15, 0.2) is 5.96 Å². The van der Waals surface area contributed by atoms with E-state index < -0.39 is 5.09 Å². The Hall–Kier alpha value is -3.30. The van der Waals surface area contributed by atoms with E-state index in [1.54, 1.807) is 13.3 Å². The average Bonchev–Trinajstić information content (AvgIpc) is 2.59. The highest BCUT2D eigenvalue weighted by atomic mass is 16.9. The number of methoxy groups -OCH3 is 1. The predicted molar refractivity (Wildman–Crippen MR) is 98.5 cm³/mol. The molecule has 2 aromatic rings. The van der Waals surface area contributed by atoms with E-state index in [1.165, 1.54) is 0 Å². The van der Waals surface area contributed by atoms with E-state index in [4.69, 9.17) is 31.5 Å². The number of guanidine groups is 1. The lowest BCUT2D eigenvalue weighted by atomic mass is 10.1. The maximum Gasteiger partial charge on any atom is 0.472 e. The molecule has 0 spiro atoms. The first-order valence-electron chi connectivity index (χ1n) is 8.01. The van der Waals surface area contributed by atoms with Crippen molar-refractivity contribution in [3.05, 3.63) is 35.4 Å². The summed E-state index contributed by atoms with van der Waals surface area (Å²) >= 11 is 0. The molecule has 0 aliphatic heterocycles. The minimum Gasteiger partial charge on any atom is -0.497 e. The largest absolute Gasteiger partial charge is 0.497 e. The van der Waals surface area contributed by atoms with Gasteiger partial charge in [-0.3, -0.25) is 9.98 Å². The maximum atomic E-state index is 8.47. The minimum absolute atomic E-state index is 0.159. The number of fused-ring (bicyclic) bond motifs is 1. The molecule has 0 aliphatic rings. The molecule has 0 amide bonds. The van der Waals surface area contributed by atoms with Gasteiger partial charge in [0.1, 0.15) is 10.7 Å². The van der Waals surface area contributed by atoms with Crippen LogP contribution in [0.15, 0.2) is 35.5 Å². The molecule has 0 saturated carbocycles. The Morgan fingerprint density at radius 3 is 2.69 bits per heavy atom. The molecular weight excluding hydrogens is 340 g/mol. The number of aromatic nitrogens is 1. The van der Waals surface area contributed by atoms with Crippen LogP contribution in [0.1, 0.15) is 19.3 Å². The second-order valence-corrected chi connectivity index (χ2v) is 5.30. The summed E-state index contributed by atoms with van der Waals surface area (Å²) in [6.07, 6.45) is 4.90. The fourth-order valence-electron chi connectivity index (χ4n) is 2.26. The van der Waals surface area contributed by atoms with Crippen molar-refractivity contribution in [2.24, 2.45) is 16.5 Å². The molecule has 0 radical (unpaired) electrons. The summed E-state index contributed by atoms with van der Waals surface area (Å²) in [5, 5.41) is 17.0. The third-order valence-corrected chi connectivity index (χ3v) is 3.36. The molecule has 2 rings (SSSR count). The van der Waals surface area contributed by atoms with Gasteiger partial charge in [0, 0.05) is 30.7 Å². The first kappa shape index (κ1) is 20.7. The fourth-order valence-corrected chi connectivity index (χ4v) is 2.26. The van der Waals surface area contributed by atoms with Gasteiger partial charge in [-0.05, 0) is 31.4 Å².